The van der Waals surface area contributed by atoms with E-state index in [2.05, 4.69) is 158 Å². The molecule has 0 N–H and O–H groups in total. The Morgan fingerprint density at radius 2 is 1.15 bits per heavy atom. The van der Waals surface area contributed by atoms with Gasteiger partial charge in [0.15, 0.2) is 0 Å². The molecule has 8 aromatic rings. The van der Waals surface area contributed by atoms with Gasteiger partial charge in [0.25, 0.3) is 0 Å². The molecule has 0 radical (unpaired) electrons. The summed E-state index contributed by atoms with van der Waals surface area (Å²) in [7, 11) is 0. The average molecular weight is 590 g/mol. The number of benzene rings is 7. The first kappa shape index (κ1) is 26.7. The molecule has 218 valence electrons. The molecule has 0 spiro atoms. The van der Waals surface area contributed by atoms with Gasteiger partial charge in [0.05, 0.1) is 0 Å². The van der Waals surface area contributed by atoms with Gasteiger partial charge in [0.2, 0.25) is 0 Å². The van der Waals surface area contributed by atoms with Crippen molar-refractivity contribution in [3.8, 4) is 44.9 Å². The molecule has 1 aliphatic carbocycles. The number of pyridine rings is 1. The Kier molecular flexibility index (Phi) is 5.88. The number of rotatable bonds is 4. The minimum Gasteiger partial charge on any atom is -0.456 e. The summed E-state index contributed by atoms with van der Waals surface area (Å²) < 4.78 is 6.80. The Morgan fingerprint density at radius 1 is 0.500 bits per heavy atom. The van der Waals surface area contributed by atoms with Crippen LogP contribution < -0.4 is 4.74 Å². The predicted octanol–water partition coefficient (Wildman–Crippen LogP) is 12.0. The molecular weight excluding hydrogens is 558 g/mol. The molecule has 2 nitrogen and oxygen atoms in total. The summed E-state index contributed by atoms with van der Waals surface area (Å²) in [6.45, 7) is 4.65. The number of aromatic nitrogens is 1. The van der Waals surface area contributed by atoms with Crippen LogP contribution in [0.5, 0.6) is 11.5 Å². The summed E-state index contributed by atoms with van der Waals surface area (Å²) in [5, 5.41) is 6.79. The van der Waals surface area contributed by atoms with Gasteiger partial charge in [0, 0.05) is 34.0 Å². The highest BCUT2D eigenvalue weighted by molar-refractivity contribution is 6.19. The van der Waals surface area contributed by atoms with E-state index in [0.29, 0.717) is 0 Å². The Hall–Kier alpha value is -5.73. The van der Waals surface area contributed by atoms with Crippen LogP contribution in [0.25, 0.3) is 65.7 Å². The Balaban J connectivity index is 1.13. The van der Waals surface area contributed by atoms with Crippen LogP contribution in [0.4, 0.5) is 0 Å². The molecule has 9 rings (SSSR count). The number of nitrogens with zero attached hydrogens (tertiary/aromatic N) is 1. The van der Waals surface area contributed by atoms with Crippen LogP contribution in [-0.4, -0.2) is 4.98 Å². The topological polar surface area (TPSA) is 22.1 Å². The molecule has 0 saturated heterocycles. The largest absolute Gasteiger partial charge is 0.456 e. The van der Waals surface area contributed by atoms with Crippen molar-refractivity contribution in [1.29, 1.82) is 0 Å². The van der Waals surface area contributed by atoms with Crippen molar-refractivity contribution in [2.75, 3.05) is 0 Å². The molecule has 0 atom stereocenters. The fourth-order valence-corrected chi connectivity index (χ4v) is 7.54. The third-order valence-electron chi connectivity index (χ3n) is 9.83. The predicted molar refractivity (Wildman–Crippen MR) is 192 cm³/mol. The van der Waals surface area contributed by atoms with Crippen LogP contribution in [0.3, 0.4) is 0 Å². The molecule has 0 saturated carbocycles. The molecule has 1 aliphatic rings. The van der Waals surface area contributed by atoms with E-state index in [1.165, 1.54) is 55.3 Å². The van der Waals surface area contributed by atoms with E-state index in [9.17, 15) is 0 Å². The van der Waals surface area contributed by atoms with Crippen molar-refractivity contribution in [1.82, 2.24) is 4.98 Å². The first-order valence-corrected chi connectivity index (χ1v) is 15.9. The highest BCUT2D eigenvalue weighted by Gasteiger charge is 2.35. The maximum atomic E-state index is 6.80. The molecule has 1 aromatic heterocycles. The molecule has 46 heavy (non-hydrogen) atoms. The van der Waals surface area contributed by atoms with Gasteiger partial charge in [0.1, 0.15) is 11.5 Å². The Labute approximate surface area is 268 Å². The van der Waals surface area contributed by atoms with E-state index in [1.807, 2.05) is 12.4 Å². The highest BCUT2D eigenvalue weighted by Crippen LogP contribution is 2.50. The lowest BCUT2D eigenvalue weighted by molar-refractivity contribution is 0.494. The molecule has 1 heterocycles. The summed E-state index contributed by atoms with van der Waals surface area (Å²) in [4.78, 5) is 4.57. The van der Waals surface area contributed by atoms with Crippen molar-refractivity contribution >= 4 is 32.3 Å². The molecule has 0 aliphatic heterocycles. The molecule has 0 unspecified atom stereocenters. The number of fused-ring (bicyclic) bond motifs is 6. The number of ether oxygens (including phenoxy) is 1. The van der Waals surface area contributed by atoms with E-state index < -0.39 is 0 Å². The maximum Gasteiger partial charge on any atom is 0.143 e. The highest BCUT2D eigenvalue weighted by atomic mass is 16.5. The maximum absolute atomic E-state index is 6.80. The lowest BCUT2D eigenvalue weighted by Crippen LogP contribution is -2.14. The molecule has 7 aromatic carbocycles. The Morgan fingerprint density at radius 3 is 2.02 bits per heavy atom. The SMILES string of the molecule is CC1(C)c2ccccc2-c2ccc(-c3ccc(Oc4c5ccccc5c(-c5cccc6ccccc56)c5cnccc45)cc3)cc21. The van der Waals surface area contributed by atoms with E-state index in [0.717, 1.165) is 33.0 Å². The number of hydrogen-bond acceptors (Lipinski definition) is 2. The van der Waals surface area contributed by atoms with Crippen LogP contribution in [0.2, 0.25) is 0 Å². The minimum absolute atomic E-state index is 0.0276. The molecule has 0 bridgehead atoms. The van der Waals surface area contributed by atoms with Crippen LogP contribution in [-0.2, 0) is 5.41 Å². The smallest absolute Gasteiger partial charge is 0.143 e. The van der Waals surface area contributed by atoms with Gasteiger partial charge in [-0.15, -0.1) is 0 Å². The summed E-state index contributed by atoms with van der Waals surface area (Å²) >= 11 is 0. The second-order valence-corrected chi connectivity index (χ2v) is 12.8. The second-order valence-electron chi connectivity index (χ2n) is 12.8. The third-order valence-corrected chi connectivity index (χ3v) is 9.83. The van der Waals surface area contributed by atoms with E-state index >= 15 is 0 Å². The van der Waals surface area contributed by atoms with Crippen LogP contribution in [0.1, 0.15) is 25.0 Å². The fourth-order valence-electron chi connectivity index (χ4n) is 7.54. The molecule has 0 fully saturated rings. The first-order valence-electron chi connectivity index (χ1n) is 15.9. The quantitative estimate of drug-likeness (QED) is 0.191. The molecule has 0 amide bonds. The second kappa shape index (κ2) is 10.2. The van der Waals surface area contributed by atoms with Gasteiger partial charge in [-0.2, -0.15) is 0 Å². The summed E-state index contributed by atoms with van der Waals surface area (Å²) in [5.41, 5.74) is 10.2. The lowest BCUT2D eigenvalue weighted by atomic mass is 9.81. The molecular formula is C44H31NO. The van der Waals surface area contributed by atoms with Crippen LogP contribution in [0.15, 0.2) is 152 Å². The van der Waals surface area contributed by atoms with E-state index in [-0.39, 0.29) is 5.41 Å². The normalized spacial score (nSPS) is 13.2. The lowest BCUT2D eigenvalue weighted by Gasteiger charge is -2.22. The van der Waals surface area contributed by atoms with Crippen molar-refractivity contribution < 1.29 is 4.74 Å². The van der Waals surface area contributed by atoms with Crippen LogP contribution >= 0.6 is 0 Å². The zero-order valence-corrected chi connectivity index (χ0v) is 25.8. The van der Waals surface area contributed by atoms with Gasteiger partial charge in [-0.25, -0.2) is 0 Å². The van der Waals surface area contributed by atoms with Crippen molar-refractivity contribution in [2.45, 2.75) is 19.3 Å². The van der Waals surface area contributed by atoms with Gasteiger partial charge in [-0.05, 0) is 84.9 Å². The third kappa shape index (κ3) is 4.00. The fraction of sp³-hybridized carbons (Fsp3) is 0.0682. The van der Waals surface area contributed by atoms with E-state index in [1.54, 1.807) is 0 Å². The minimum atomic E-state index is -0.0276. The summed E-state index contributed by atoms with van der Waals surface area (Å²) in [6, 6.07) is 49.9. The average Bonchev–Trinajstić information content (AvgIpc) is 3.34. The van der Waals surface area contributed by atoms with Crippen molar-refractivity contribution in [2.24, 2.45) is 0 Å². The Bertz CT molecular complexity index is 2410. The van der Waals surface area contributed by atoms with E-state index in [4.69, 9.17) is 4.74 Å². The van der Waals surface area contributed by atoms with Crippen molar-refractivity contribution in [3.05, 3.63) is 163 Å². The van der Waals surface area contributed by atoms with Gasteiger partial charge < -0.3 is 4.74 Å². The summed E-state index contributed by atoms with van der Waals surface area (Å²) in [6.07, 6.45) is 3.83. The van der Waals surface area contributed by atoms with Gasteiger partial charge >= 0.3 is 0 Å². The van der Waals surface area contributed by atoms with Crippen molar-refractivity contribution in [3.63, 3.8) is 0 Å². The molecule has 2 heteroatoms. The van der Waals surface area contributed by atoms with Crippen LogP contribution in [0, 0.1) is 0 Å². The van der Waals surface area contributed by atoms with Gasteiger partial charge in [-0.1, -0.05) is 129 Å². The monoisotopic (exact) mass is 589 g/mol. The van der Waals surface area contributed by atoms with Gasteiger partial charge in [-0.3, -0.25) is 4.98 Å². The summed E-state index contributed by atoms with van der Waals surface area (Å²) in [5.74, 6) is 1.65. The standard InChI is InChI=1S/C44H31NO/c1-44(2)40-17-8-7-13-33(40)34-23-20-30(26-41(34)44)28-18-21-31(22-19-28)46-43-37-15-6-5-14-36(37)42(39-27-45-25-24-38(39)43)35-16-9-11-29-10-3-4-12-32(29)35/h3-27H,1-2H3. The zero-order valence-electron chi connectivity index (χ0n) is 25.8. The zero-order chi connectivity index (χ0) is 30.8. The number of hydrogen-bond donors (Lipinski definition) is 0. The first-order chi connectivity index (χ1) is 22.6.